The zero-order valence-electron chi connectivity index (χ0n) is 13.8. The summed E-state index contributed by atoms with van der Waals surface area (Å²) in [6, 6.07) is -0.209. The third kappa shape index (κ3) is 4.82. The van der Waals surface area contributed by atoms with E-state index in [4.69, 9.17) is 0 Å². The zero-order valence-corrected chi connectivity index (χ0v) is 13.8. The summed E-state index contributed by atoms with van der Waals surface area (Å²) in [5.41, 5.74) is 0. The van der Waals surface area contributed by atoms with Crippen LogP contribution in [0.5, 0.6) is 0 Å². The minimum atomic E-state index is -0.536. The summed E-state index contributed by atoms with van der Waals surface area (Å²) in [6.45, 7) is 5.19. The molecule has 0 spiro atoms. The largest absolute Gasteiger partial charge is 0.344 e. The van der Waals surface area contributed by atoms with Crippen molar-refractivity contribution in [2.45, 2.75) is 64.8 Å². The van der Waals surface area contributed by atoms with Gasteiger partial charge in [-0.1, -0.05) is 33.1 Å². The first-order valence-electron chi connectivity index (χ1n) is 8.57. The topological polar surface area (TPSA) is 66.5 Å². The van der Waals surface area contributed by atoms with Crippen molar-refractivity contribution < 1.29 is 14.4 Å². The molecule has 1 aliphatic carbocycles. The summed E-state index contributed by atoms with van der Waals surface area (Å²) in [6.07, 6.45) is 6.82. The van der Waals surface area contributed by atoms with Crippen LogP contribution in [-0.2, 0) is 14.4 Å². The Hall–Kier alpha value is -1.39. The molecule has 2 aliphatic rings. The number of hydrogen-bond donors (Lipinski definition) is 1. The number of nitrogens with one attached hydrogen (secondary N) is 1. The Labute approximate surface area is 132 Å². The Morgan fingerprint density at radius 2 is 1.91 bits per heavy atom. The highest BCUT2D eigenvalue weighted by atomic mass is 16.2. The Balaban J connectivity index is 1.78. The number of rotatable bonds is 6. The lowest BCUT2D eigenvalue weighted by Gasteiger charge is -2.27. The summed E-state index contributed by atoms with van der Waals surface area (Å²) in [5, 5.41) is 2.73. The van der Waals surface area contributed by atoms with E-state index in [-0.39, 0.29) is 30.1 Å². The quantitative estimate of drug-likeness (QED) is 0.762. The van der Waals surface area contributed by atoms with Gasteiger partial charge in [-0.05, 0) is 24.7 Å². The highest BCUT2D eigenvalue weighted by Gasteiger charge is 2.33. The molecule has 0 aromatic heterocycles. The number of carbonyl (C=O) groups is 3. The molecule has 0 unspecified atom stereocenters. The molecule has 0 aromatic carbocycles. The van der Waals surface area contributed by atoms with Crippen LogP contribution in [0.3, 0.4) is 0 Å². The predicted molar refractivity (Wildman–Crippen MR) is 84.2 cm³/mol. The van der Waals surface area contributed by atoms with Crippen LogP contribution in [0.25, 0.3) is 0 Å². The molecule has 22 heavy (non-hydrogen) atoms. The van der Waals surface area contributed by atoms with Gasteiger partial charge in [-0.3, -0.25) is 14.4 Å². The molecule has 1 atom stereocenters. The number of likely N-dealkylation sites (tertiary alicyclic amines) is 1. The number of ketones is 1. The van der Waals surface area contributed by atoms with Gasteiger partial charge >= 0.3 is 0 Å². The lowest BCUT2D eigenvalue weighted by Crippen LogP contribution is -2.41. The third-order valence-corrected chi connectivity index (χ3v) is 4.60. The fourth-order valence-corrected chi connectivity index (χ4v) is 3.46. The Morgan fingerprint density at radius 1 is 1.23 bits per heavy atom. The van der Waals surface area contributed by atoms with Crippen molar-refractivity contribution in [3.63, 3.8) is 0 Å². The van der Waals surface area contributed by atoms with Crippen LogP contribution in [0, 0.1) is 11.8 Å². The van der Waals surface area contributed by atoms with Gasteiger partial charge in [-0.2, -0.15) is 0 Å². The van der Waals surface area contributed by atoms with Crippen LogP contribution in [0.2, 0.25) is 0 Å². The van der Waals surface area contributed by atoms with Crippen molar-refractivity contribution in [2.24, 2.45) is 11.8 Å². The van der Waals surface area contributed by atoms with Gasteiger partial charge in [0, 0.05) is 25.9 Å². The molecule has 1 N–H and O–H groups in total. The van der Waals surface area contributed by atoms with Gasteiger partial charge in [0.25, 0.3) is 5.91 Å². The predicted octanol–water partition coefficient (Wildman–Crippen LogP) is 1.90. The average Bonchev–Trinajstić information content (AvgIpc) is 2.79. The molecular weight excluding hydrogens is 280 g/mol. The fraction of sp³-hybridized carbons (Fsp3) is 0.824. The maximum atomic E-state index is 12.1. The molecule has 0 bridgehead atoms. The van der Waals surface area contributed by atoms with E-state index in [1.54, 1.807) is 0 Å². The van der Waals surface area contributed by atoms with Crippen LogP contribution < -0.4 is 5.32 Å². The number of amides is 2. The van der Waals surface area contributed by atoms with Crippen LogP contribution in [0.1, 0.15) is 58.8 Å². The molecule has 124 valence electrons. The Morgan fingerprint density at radius 3 is 2.55 bits per heavy atom. The molecule has 2 rings (SSSR count). The lowest BCUT2D eigenvalue weighted by atomic mass is 9.89. The number of carbonyl (C=O) groups excluding carboxylic acids is 3. The lowest BCUT2D eigenvalue weighted by molar-refractivity contribution is -0.138. The summed E-state index contributed by atoms with van der Waals surface area (Å²) in [7, 11) is 0. The second-order valence-corrected chi connectivity index (χ2v) is 7.20. The second-order valence-electron chi connectivity index (χ2n) is 7.20. The monoisotopic (exact) mass is 308 g/mol. The molecule has 0 radical (unpaired) electrons. The zero-order chi connectivity index (χ0) is 16.1. The van der Waals surface area contributed by atoms with Crippen molar-refractivity contribution in [2.75, 3.05) is 13.1 Å². The third-order valence-electron chi connectivity index (χ3n) is 4.60. The Kier molecular flexibility index (Phi) is 5.98. The van der Waals surface area contributed by atoms with Crippen molar-refractivity contribution in [1.29, 1.82) is 0 Å². The second kappa shape index (κ2) is 7.75. The van der Waals surface area contributed by atoms with Gasteiger partial charge in [-0.15, -0.1) is 0 Å². The maximum Gasteiger partial charge on any atom is 0.287 e. The molecule has 5 heteroatoms. The molecule has 0 aromatic rings. The van der Waals surface area contributed by atoms with Crippen LogP contribution >= 0.6 is 0 Å². The van der Waals surface area contributed by atoms with E-state index in [9.17, 15) is 14.4 Å². The molecule has 2 fully saturated rings. The highest BCUT2D eigenvalue weighted by molar-refractivity contribution is 6.36. The summed E-state index contributed by atoms with van der Waals surface area (Å²) >= 11 is 0. The molecule has 1 aliphatic heterocycles. The van der Waals surface area contributed by atoms with E-state index in [0.717, 1.165) is 6.54 Å². The van der Waals surface area contributed by atoms with Crippen LogP contribution in [0.15, 0.2) is 0 Å². The van der Waals surface area contributed by atoms with E-state index in [0.29, 0.717) is 18.9 Å². The molecular formula is C17H28N2O3. The standard InChI is InChI=1S/C17H28N2O3/c1-12(2)8-15(20)17(22)18-14-9-16(21)19(11-14)10-13-6-4-3-5-7-13/h12-14H,3-11H2,1-2H3,(H,18,22)/t14-/m1/s1. The van der Waals surface area contributed by atoms with Crippen molar-refractivity contribution >= 4 is 17.6 Å². The van der Waals surface area contributed by atoms with Gasteiger partial charge in [0.1, 0.15) is 0 Å². The minimum absolute atomic E-state index is 0.104. The van der Waals surface area contributed by atoms with Gasteiger partial charge in [-0.25, -0.2) is 0 Å². The molecule has 1 heterocycles. The summed E-state index contributed by atoms with van der Waals surface area (Å²) in [5.74, 6) is -0.0348. The molecule has 2 amide bonds. The van der Waals surface area contributed by atoms with E-state index in [2.05, 4.69) is 5.32 Å². The molecule has 1 saturated carbocycles. The van der Waals surface area contributed by atoms with E-state index in [1.165, 1.54) is 32.1 Å². The maximum absolute atomic E-state index is 12.1. The minimum Gasteiger partial charge on any atom is -0.344 e. The number of Topliss-reactive ketones (excluding diaryl/α,β-unsaturated/α-hetero) is 1. The van der Waals surface area contributed by atoms with Gasteiger partial charge < -0.3 is 10.2 Å². The fourth-order valence-electron chi connectivity index (χ4n) is 3.46. The van der Waals surface area contributed by atoms with Crippen molar-refractivity contribution in [3.05, 3.63) is 0 Å². The first-order valence-corrected chi connectivity index (χ1v) is 8.57. The van der Waals surface area contributed by atoms with Crippen LogP contribution in [0.4, 0.5) is 0 Å². The summed E-state index contributed by atoms with van der Waals surface area (Å²) < 4.78 is 0. The van der Waals surface area contributed by atoms with E-state index in [1.807, 2.05) is 18.7 Å². The van der Waals surface area contributed by atoms with Crippen molar-refractivity contribution in [1.82, 2.24) is 10.2 Å². The smallest absolute Gasteiger partial charge is 0.287 e. The van der Waals surface area contributed by atoms with Crippen LogP contribution in [-0.4, -0.2) is 41.6 Å². The SMILES string of the molecule is CC(C)CC(=O)C(=O)N[C@@H]1CC(=O)N(CC2CCCCC2)C1. The number of hydrogen-bond acceptors (Lipinski definition) is 3. The van der Waals surface area contributed by atoms with Crippen molar-refractivity contribution in [3.8, 4) is 0 Å². The summed E-state index contributed by atoms with van der Waals surface area (Å²) in [4.78, 5) is 37.5. The molecule has 1 saturated heterocycles. The van der Waals surface area contributed by atoms with E-state index >= 15 is 0 Å². The number of nitrogens with zero attached hydrogens (tertiary/aromatic N) is 1. The highest BCUT2D eigenvalue weighted by Crippen LogP contribution is 2.26. The van der Waals surface area contributed by atoms with Gasteiger partial charge in [0.05, 0.1) is 6.04 Å². The average molecular weight is 308 g/mol. The van der Waals surface area contributed by atoms with Gasteiger partial charge in [0.2, 0.25) is 11.7 Å². The Bertz CT molecular complexity index is 428. The van der Waals surface area contributed by atoms with Gasteiger partial charge in [0.15, 0.2) is 0 Å². The first-order chi connectivity index (χ1) is 10.5. The first kappa shape index (κ1) is 17.0. The van der Waals surface area contributed by atoms with E-state index < -0.39 is 5.91 Å². The molecule has 5 nitrogen and oxygen atoms in total. The normalized spacial score (nSPS) is 23.1.